The second kappa shape index (κ2) is 5.79. The Balaban J connectivity index is 2.08. The van der Waals surface area contributed by atoms with Gasteiger partial charge in [0.15, 0.2) is 0 Å². The monoisotopic (exact) mass is 343 g/mol. The van der Waals surface area contributed by atoms with Gasteiger partial charge in [0.1, 0.15) is 11.4 Å². The first-order valence-electron chi connectivity index (χ1n) is 6.93. The molecule has 2 aromatic carbocycles. The number of phenols is 1. The topological polar surface area (TPSA) is 114 Å². The van der Waals surface area contributed by atoms with Gasteiger partial charge in [-0.1, -0.05) is 30.3 Å². The van der Waals surface area contributed by atoms with Crippen molar-refractivity contribution in [3.05, 3.63) is 60.1 Å². The number of nitriles is 1. The molecule has 0 aliphatic carbocycles. The van der Waals surface area contributed by atoms with E-state index in [1.165, 1.54) is 12.1 Å². The molecule has 1 heterocycles. The zero-order valence-corrected chi connectivity index (χ0v) is 13.2. The van der Waals surface area contributed by atoms with Crippen LogP contribution in [0.15, 0.2) is 54.5 Å². The number of hydrogen-bond acceptors (Lipinski definition) is 5. The highest BCUT2D eigenvalue weighted by Crippen LogP contribution is 2.35. The van der Waals surface area contributed by atoms with Crippen molar-refractivity contribution in [3.8, 4) is 22.9 Å². The highest BCUT2D eigenvalue weighted by atomic mass is 32.2. The van der Waals surface area contributed by atoms with Crippen LogP contribution in [0.2, 0.25) is 0 Å². The maximum Gasteiger partial charge on any atom is 0.330 e. The van der Waals surface area contributed by atoms with E-state index in [1.54, 1.807) is 12.1 Å². The van der Waals surface area contributed by atoms with Crippen molar-refractivity contribution in [2.75, 3.05) is 4.31 Å². The number of nitrogens with zero attached hydrogens (tertiary/aromatic N) is 2. The third-order valence-corrected chi connectivity index (χ3v) is 4.78. The summed E-state index contributed by atoms with van der Waals surface area (Å²) in [7, 11) is -3.99. The van der Waals surface area contributed by atoms with Gasteiger partial charge in [-0.15, -0.1) is 0 Å². The van der Waals surface area contributed by atoms with E-state index in [4.69, 9.17) is 5.26 Å². The number of rotatable bonds is 3. The van der Waals surface area contributed by atoms with Crippen LogP contribution in [0, 0.1) is 11.3 Å². The molecule has 0 fully saturated rings. The van der Waals surface area contributed by atoms with Gasteiger partial charge >= 0.3 is 10.2 Å². The van der Waals surface area contributed by atoms with Crippen LogP contribution >= 0.6 is 0 Å². The second-order valence-corrected chi connectivity index (χ2v) is 6.70. The molecule has 0 saturated carbocycles. The molecule has 0 aromatic heterocycles. The lowest BCUT2D eigenvalue weighted by molar-refractivity contribution is 0.392. The smallest absolute Gasteiger partial charge is 0.330 e. The lowest BCUT2D eigenvalue weighted by atomic mass is 10.0. The number of aliphatic hydroxyl groups excluding tert-OH is 1. The molecule has 2 aromatic rings. The fraction of sp³-hybridized carbons (Fsp3) is 0.0625. The minimum absolute atomic E-state index is 0.00902. The second-order valence-electron chi connectivity index (χ2n) is 5.16. The lowest BCUT2D eigenvalue weighted by Crippen LogP contribution is -2.29. The van der Waals surface area contributed by atoms with E-state index in [1.807, 2.05) is 22.9 Å². The Hall–Kier alpha value is -3.18. The molecular weight excluding hydrogens is 330 g/mol. The first-order valence-corrected chi connectivity index (χ1v) is 8.37. The van der Waals surface area contributed by atoms with Gasteiger partial charge in [-0.25, -0.2) is 9.03 Å². The molecule has 3 N–H and O–H groups in total. The van der Waals surface area contributed by atoms with Crippen LogP contribution in [0.5, 0.6) is 5.75 Å². The van der Waals surface area contributed by atoms with Crippen LogP contribution in [-0.4, -0.2) is 18.6 Å². The molecule has 1 aliphatic heterocycles. The quantitative estimate of drug-likeness (QED) is 0.790. The van der Waals surface area contributed by atoms with Crippen LogP contribution < -0.4 is 9.03 Å². The van der Waals surface area contributed by atoms with Crippen molar-refractivity contribution in [2.24, 2.45) is 0 Å². The summed E-state index contributed by atoms with van der Waals surface area (Å²) >= 11 is 0. The summed E-state index contributed by atoms with van der Waals surface area (Å²) in [6, 6.07) is 13.9. The molecule has 3 rings (SSSR count). The van der Waals surface area contributed by atoms with E-state index in [9.17, 15) is 18.6 Å². The summed E-state index contributed by atoms with van der Waals surface area (Å²) in [5.74, 6) is -0.779. The van der Waals surface area contributed by atoms with Crippen molar-refractivity contribution >= 4 is 15.9 Å². The molecule has 0 amide bonds. The Morgan fingerprint density at radius 1 is 1.12 bits per heavy atom. The van der Waals surface area contributed by atoms with E-state index in [0.717, 1.165) is 21.6 Å². The van der Waals surface area contributed by atoms with E-state index < -0.39 is 16.1 Å². The molecule has 0 saturated heterocycles. The Bertz CT molecular complexity index is 977. The fourth-order valence-electron chi connectivity index (χ4n) is 2.42. The van der Waals surface area contributed by atoms with Crippen LogP contribution in [0.1, 0.15) is 5.56 Å². The van der Waals surface area contributed by atoms with Crippen molar-refractivity contribution in [1.29, 1.82) is 5.26 Å². The molecule has 8 heteroatoms. The Kier molecular flexibility index (Phi) is 3.79. The Labute approximate surface area is 138 Å². The highest BCUT2D eigenvalue weighted by Gasteiger charge is 2.30. The molecule has 0 atom stereocenters. The maximum absolute atomic E-state index is 12.0. The van der Waals surface area contributed by atoms with Gasteiger partial charge in [-0.05, 0) is 28.8 Å². The van der Waals surface area contributed by atoms with E-state index >= 15 is 0 Å². The number of aliphatic hydroxyl groups is 1. The lowest BCUT2D eigenvalue weighted by Gasteiger charge is -2.16. The van der Waals surface area contributed by atoms with Crippen molar-refractivity contribution < 1.29 is 18.6 Å². The zero-order chi connectivity index (χ0) is 17.3. The van der Waals surface area contributed by atoms with Crippen LogP contribution in [0.25, 0.3) is 11.1 Å². The minimum atomic E-state index is -3.99. The van der Waals surface area contributed by atoms with Crippen LogP contribution in [0.4, 0.5) is 5.69 Å². The van der Waals surface area contributed by atoms with Crippen LogP contribution in [-0.2, 0) is 16.6 Å². The van der Waals surface area contributed by atoms with Gasteiger partial charge in [-0.3, -0.25) is 0 Å². The maximum atomic E-state index is 12.0. The zero-order valence-electron chi connectivity index (χ0n) is 12.3. The number of benzene rings is 2. The normalized spacial score (nSPS) is 15.5. The summed E-state index contributed by atoms with van der Waals surface area (Å²) in [5.41, 5.74) is 2.28. The van der Waals surface area contributed by atoms with E-state index in [-0.39, 0.29) is 17.9 Å². The predicted molar refractivity (Wildman–Crippen MR) is 88.1 cm³/mol. The number of hydrogen-bond donors (Lipinski definition) is 3. The molecule has 24 heavy (non-hydrogen) atoms. The summed E-state index contributed by atoms with van der Waals surface area (Å²) < 4.78 is 26.6. The molecule has 0 bridgehead atoms. The summed E-state index contributed by atoms with van der Waals surface area (Å²) in [6.07, 6.45) is 1.24. The largest absolute Gasteiger partial charge is 0.506 e. The molecule has 0 spiro atoms. The standard InChI is InChI=1S/C16H13N3O4S/c17-7-6-11-2-1-3-12(8-11)13-4-5-15(20)14(9-13)19-10-16(21)18-24(19,22)23/h1-5,8-10,18,20-21H,6H2. The number of phenolic OH excluding ortho intramolecular Hbond substituents is 1. The summed E-state index contributed by atoms with van der Waals surface area (Å²) in [5, 5.41) is 28.2. The number of aromatic hydroxyl groups is 1. The summed E-state index contributed by atoms with van der Waals surface area (Å²) in [4.78, 5) is 0. The van der Waals surface area contributed by atoms with Gasteiger partial charge in [-0.2, -0.15) is 13.7 Å². The van der Waals surface area contributed by atoms with Gasteiger partial charge in [0.2, 0.25) is 5.88 Å². The SMILES string of the molecule is N#CCc1cccc(-c2ccc(O)c(N3C=C(O)NS3(=O)=O)c2)c1. The predicted octanol–water partition coefficient (Wildman–Crippen LogP) is 2.14. The first kappa shape index (κ1) is 15.7. The van der Waals surface area contributed by atoms with Gasteiger partial charge < -0.3 is 10.2 Å². The van der Waals surface area contributed by atoms with Crippen LogP contribution in [0.3, 0.4) is 0 Å². The van der Waals surface area contributed by atoms with Crippen molar-refractivity contribution in [1.82, 2.24) is 4.72 Å². The number of nitrogens with one attached hydrogen (secondary N) is 1. The fourth-order valence-corrected chi connectivity index (χ4v) is 3.48. The average molecular weight is 343 g/mol. The van der Waals surface area contributed by atoms with E-state index in [2.05, 4.69) is 6.07 Å². The van der Waals surface area contributed by atoms with Gasteiger partial charge in [0, 0.05) is 0 Å². The van der Waals surface area contributed by atoms with Crippen molar-refractivity contribution in [2.45, 2.75) is 6.42 Å². The Morgan fingerprint density at radius 2 is 1.88 bits per heavy atom. The third kappa shape index (κ3) is 2.85. The molecule has 0 unspecified atom stereocenters. The molecule has 0 radical (unpaired) electrons. The highest BCUT2D eigenvalue weighted by molar-refractivity contribution is 7.91. The first-order chi connectivity index (χ1) is 11.4. The van der Waals surface area contributed by atoms with Crippen molar-refractivity contribution in [3.63, 3.8) is 0 Å². The molecule has 122 valence electrons. The van der Waals surface area contributed by atoms with E-state index in [0.29, 0.717) is 5.56 Å². The average Bonchev–Trinajstić information content (AvgIpc) is 2.81. The minimum Gasteiger partial charge on any atom is -0.506 e. The molecular formula is C16H13N3O4S. The third-order valence-electron chi connectivity index (χ3n) is 3.49. The Morgan fingerprint density at radius 3 is 2.54 bits per heavy atom. The number of anilines is 1. The molecule has 7 nitrogen and oxygen atoms in total. The van der Waals surface area contributed by atoms with Gasteiger partial charge in [0.25, 0.3) is 0 Å². The summed E-state index contributed by atoms with van der Waals surface area (Å²) in [6.45, 7) is 0. The molecule has 1 aliphatic rings. The van der Waals surface area contributed by atoms with Gasteiger partial charge in [0.05, 0.1) is 18.7 Å².